The van der Waals surface area contributed by atoms with Gasteiger partial charge in [0.25, 0.3) is 0 Å². The SMILES string of the molecule is Cc1ccc(-c2ccc([Si](C)(C)C)cn2)c(C)c1. The van der Waals surface area contributed by atoms with Crippen LogP contribution in [0.15, 0.2) is 36.5 Å². The summed E-state index contributed by atoms with van der Waals surface area (Å²) in [5.41, 5.74) is 4.91. The molecule has 0 saturated heterocycles. The molecule has 18 heavy (non-hydrogen) atoms. The Morgan fingerprint density at radius 1 is 0.944 bits per heavy atom. The number of hydrogen-bond acceptors (Lipinski definition) is 1. The molecular formula is C16H21NSi. The summed E-state index contributed by atoms with van der Waals surface area (Å²) < 4.78 is 0. The predicted molar refractivity (Wildman–Crippen MR) is 82.1 cm³/mol. The first-order chi connectivity index (χ1) is 8.38. The summed E-state index contributed by atoms with van der Waals surface area (Å²) in [6.07, 6.45) is 2.06. The lowest BCUT2D eigenvalue weighted by Crippen LogP contribution is -2.37. The van der Waals surface area contributed by atoms with Crippen molar-refractivity contribution in [2.75, 3.05) is 0 Å². The van der Waals surface area contributed by atoms with E-state index in [0.717, 1.165) is 5.69 Å². The molecule has 2 heteroatoms. The molecule has 0 amide bonds. The van der Waals surface area contributed by atoms with Gasteiger partial charge < -0.3 is 0 Å². The van der Waals surface area contributed by atoms with Crippen molar-refractivity contribution in [3.63, 3.8) is 0 Å². The summed E-state index contributed by atoms with van der Waals surface area (Å²) >= 11 is 0. The van der Waals surface area contributed by atoms with Gasteiger partial charge >= 0.3 is 0 Å². The molecule has 0 aliphatic rings. The van der Waals surface area contributed by atoms with Crippen LogP contribution in [0.1, 0.15) is 11.1 Å². The van der Waals surface area contributed by atoms with Crippen LogP contribution >= 0.6 is 0 Å². The van der Waals surface area contributed by atoms with E-state index in [9.17, 15) is 0 Å². The van der Waals surface area contributed by atoms with Crippen molar-refractivity contribution in [1.82, 2.24) is 4.98 Å². The topological polar surface area (TPSA) is 12.9 Å². The molecule has 0 unspecified atom stereocenters. The molecule has 1 nitrogen and oxygen atoms in total. The van der Waals surface area contributed by atoms with Crippen LogP contribution in [0.25, 0.3) is 11.3 Å². The fraction of sp³-hybridized carbons (Fsp3) is 0.312. The summed E-state index contributed by atoms with van der Waals surface area (Å²) in [5.74, 6) is 0. The Balaban J connectivity index is 2.41. The molecule has 0 atom stereocenters. The van der Waals surface area contributed by atoms with E-state index in [1.807, 2.05) is 0 Å². The molecule has 2 aromatic rings. The van der Waals surface area contributed by atoms with Crippen LogP contribution in [0.5, 0.6) is 0 Å². The average Bonchev–Trinajstić information content (AvgIpc) is 2.28. The number of pyridine rings is 1. The number of nitrogens with zero attached hydrogens (tertiary/aromatic N) is 1. The third kappa shape index (κ3) is 2.70. The molecule has 0 radical (unpaired) electrons. The van der Waals surface area contributed by atoms with Gasteiger partial charge in [0.05, 0.1) is 13.8 Å². The second-order valence-corrected chi connectivity index (χ2v) is 11.1. The Bertz CT molecular complexity index is 550. The first kappa shape index (κ1) is 13.0. The maximum atomic E-state index is 4.64. The van der Waals surface area contributed by atoms with E-state index in [4.69, 9.17) is 0 Å². The first-order valence-electron chi connectivity index (χ1n) is 6.42. The van der Waals surface area contributed by atoms with Crippen molar-refractivity contribution in [1.29, 1.82) is 0 Å². The second kappa shape index (κ2) is 4.69. The molecule has 1 aromatic heterocycles. The Hall–Kier alpha value is -1.41. The monoisotopic (exact) mass is 255 g/mol. The molecule has 94 valence electrons. The summed E-state index contributed by atoms with van der Waals surface area (Å²) in [6.45, 7) is 11.3. The Kier molecular flexibility index (Phi) is 3.40. The van der Waals surface area contributed by atoms with E-state index in [1.165, 1.54) is 21.9 Å². The summed E-state index contributed by atoms with van der Waals surface area (Å²) in [5, 5.41) is 1.41. The molecular weight excluding hydrogens is 234 g/mol. The lowest BCUT2D eigenvalue weighted by atomic mass is 10.0. The van der Waals surface area contributed by atoms with Crippen molar-refractivity contribution in [2.45, 2.75) is 33.5 Å². The van der Waals surface area contributed by atoms with Gasteiger partial charge in [0.15, 0.2) is 0 Å². The van der Waals surface area contributed by atoms with Crippen LogP contribution in [0.2, 0.25) is 19.6 Å². The third-order valence-electron chi connectivity index (χ3n) is 3.29. The van der Waals surface area contributed by atoms with Crippen molar-refractivity contribution >= 4 is 13.3 Å². The molecule has 0 spiro atoms. The number of hydrogen-bond donors (Lipinski definition) is 0. The minimum atomic E-state index is -1.24. The van der Waals surface area contributed by atoms with Crippen molar-refractivity contribution in [2.24, 2.45) is 0 Å². The van der Waals surface area contributed by atoms with E-state index in [-0.39, 0.29) is 0 Å². The highest BCUT2D eigenvalue weighted by molar-refractivity contribution is 6.88. The van der Waals surface area contributed by atoms with Gasteiger partial charge in [0.2, 0.25) is 0 Å². The molecule has 0 aliphatic heterocycles. The molecule has 0 saturated carbocycles. The van der Waals surface area contributed by atoms with Crippen LogP contribution < -0.4 is 5.19 Å². The molecule has 1 aromatic carbocycles. The Morgan fingerprint density at radius 2 is 1.67 bits per heavy atom. The molecule has 0 N–H and O–H groups in total. The van der Waals surface area contributed by atoms with Crippen LogP contribution in [0, 0.1) is 13.8 Å². The molecule has 2 rings (SSSR count). The zero-order valence-electron chi connectivity index (χ0n) is 11.9. The highest BCUT2D eigenvalue weighted by Gasteiger charge is 2.16. The maximum Gasteiger partial charge on any atom is 0.0796 e. The maximum absolute atomic E-state index is 4.64. The van der Waals surface area contributed by atoms with Gasteiger partial charge in [-0.3, -0.25) is 4.98 Å². The lowest BCUT2D eigenvalue weighted by molar-refractivity contribution is 1.30. The summed E-state index contributed by atoms with van der Waals surface area (Å²) in [7, 11) is -1.24. The van der Waals surface area contributed by atoms with E-state index in [0.29, 0.717) is 0 Å². The highest BCUT2D eigenvalue weighted by atomic mass is 28.3. The minimum Gasteiger partial charge on any atom is -0.256 e. The molecule has 1 heterocycles. The van der Waals surface area contributed by atoms with E-state index in [1.54, 1.807) is 0 Å². The van der Waals surface area contributed by atoms with Crippen molar-refractivity contribution < 1.29 is 0 Å². The van der Waals surface area contributed by atoms with Gasteiger partial charge in [-0.25, -0.2) is 0 Å². The van der Waals surface area contributed by atoms with Crippen molar-refractivity contribution in [3.05, 3.63) is 47.7 Å². The van der Waals surface area contributed by atoms with Crippen LogP contribution in [-0.2, 0) is 0 Å². The fourth-order valence-electron chi connectivity index (χ4n) is 2.10. The highest BCUT2D eigenvalue weighted by Crippen LogP contribution is 2.21. The summed E-state index contributed by atoms with van der Waals surface area (Å²) in [4.78, 5) is 4.64. The van der Waals surface area contributed by atoms with Gasteiger partial charge in [-0.05, 0) is 30.7 Å². The number of rotatable bonds is 2. The molecule has 0 aliphatic carbocycles. The zero-order valence-corrected chi connectivity index (χ0v) is 12.9. The smallest absolute Gasteiger partial charge is 0.0796 e. The normalized spacial score (nSPS) is 11.6. The van der Waals surface area contributed by atoms with Crippen LogP contribution in [0.3, 0.4) is 0 Å². The Labute approximate surface area is 111 Å². The fourth-order valence-corrected chi connectivity index (χ4v) is 3.13. The van der Waals surface area contributed by atoms with E-state index in [2.05, 4.69) is 75.0 Å². The van der Waals surface area contributed by atoms with Crippen LogP contribution in [-0.4, -0.2) is 13.1 Å². The van der Waals surface area contributed by atoms with Gasteiger partial charge in [0.1, 0.15) is 0 Å². The molecule has 0 bridgehead atoms. The predicted octanol–water partition coefficient (Wildman–Crippen LogP) is 3.91. The average molecular weight is 255 g/mol. The number of benzene rings is 1. The lowest BCUT2D eigenvalue weighted by Gasteiger charge is -2.16. The quantitative estimate of drug-likeness (QED) is 0.741. The minimum absolute atomic E-state index is 1.08. The van der Waals surface area contributed by atoms with Gasteiger partial charge in [-0.15, -0.1) is 0 Å². The third-order valence-corrected chi connectivity index (χ3v) is 5.32. The standard InChI is InChI=1S/C16H21NSi/c1-12-6-8-15(13(2)10-12)16-9-7-14(11-17-16)18(3,4)5/h6-11H,1-5H3. The zero-order chi connectivity index (χ0) is 13.3. The van der Waals surface area contributed by atoms with Gasteiger partial charge in [0, 0.05) is 11.8 Å². The molecule has 0 fully saturated rings. The van der Waals surface area contributed by atoms with Gasteiger partial charge in [-0.1, -0.05) is 49.5 Å². The van der Waals surface area contributed by atoms with E-state index < -0.39 is 8.07 Å². The number of aryl methyl sites for hydroxylation is 2. The van der Waals surface area contributed by atoms with Crippen molar-refractivity contribution in [3.8, 4) is 11.3 Å². The van der Waals surface area contributed by atoms with Gasteiger partial charge in [-0.2, -0.15) is 0 Å². The van der Waals surface area contributed by atoms with Crippen LogP contribution in [0.4, 0.5) is 0 Å². The number of aromatic nitrogens is 1. The largest absolute Gasteiger partial charge is 0.256 e. The second-order valence-electron chi connectivity index (χ2n) is 6.00. The Morgan fingerprint density at radius 3 is 2.17 bits per heavy atom. The van der Waals surface area contributed by atoms with E-state index >= 15 is 0 Å². The summed E-state index contributed by atoms with van der Waals surface area (Å²) in [6, 6.07) is 10.9. The first-order valence-corrected chi connectivity index (χ1v) is 9.92.